The fraction of sp³-hybridized carbons (Fsp3) is 0.111. The van der Waals surface area contributed by atoms with Crippen molar-refractivity contribution in [1.29, 1.82) is 5.26 Å². The molecule has 1 aromatic heterocycles. The third-order valence-electron chi connectivity index (χ3n) is 1.65. The summed E-state index contributed by atoms with van der Waals surface area (Å²) >= 11 is 0. The SMILES string of the molecule is Cc1ccc(F)c(C(=O)/C(C#N)=N/N)n1. The van der Waals surface area contributed by atoms with Gasteiger partial charge in [-0.2, -0.15) is 10.4 Å². The second kappa shape index (κ2) is 4.28. The van der Waals surface area contributed by atoms with Crippen LogP contribution >= 0.6 is 0 Å². The van der Waals surface area contributed by atoms with E-state index in [-0.39, 0.29) is 0 Å². The summed E-state index contributed by atoms with van der Waals surface area (Å²) in [6.45, 7) is 1.60. The minimum absolute atomic E-state index is 0.444. The van der Waals surface area contributed by atoms with Crippen molar-refractivity contribution in [2.24, 2.45) is 10.9 Å². The maximum Gasteiger partial charge on any atom is 0.245 e. The summed E-state index contributed by atoms with van der Waals surface area (Å²) in [7, 11) is 0. The average Bonchev–Trinajstić information content (AvgIpc) is 2.23. The number of halogens is 1. The molecular formula is C9H7FN4O. The molecule has 0 amide bonds. The highest BCUT2D eigenvalue weighted by Crippen LogP contribution is 2.07. The van der Waals surface area contributed by atoms with Crippen LogP contribution in [-0.2, 0) is 0 Å². The molecule has 0 saturated carbocycles. The highest BCUT2D eigenvalue weighted by Gasteiger charge is 2.19. The fourth-order valence-electron chi connectivity index (χ4n) is 0.949. The smallest absolute Gasteiger partial charge is 0.245 e. The lowest BCUT2D eigenvalue weighted by Gasteiger charge is -2.00. The number of hydrogen-bond donors (Lipinski definition) is 1. The number of carbonyl (C=O) groups is 1. The van der Waals surface area contributed by atoms with E-state index in [0.29, 0.717) is 5.69 Å². The molecule has 15 heavy (non-hydrogen) atoms. The Hall–Kier alpha value is -2.29. The van der Waals surface area contributed by atoms with E-state index >= 15 is 0 Å². The summed E-state index contributed by atoms with van der Waals surface area (Å²) in [5.74, 6) is 3.08. The largest absolute Gasteiger partial charge is 0.322 e. The summed E-state index contributed by atoms with van der Waals surface area (Å²) in [6, 6.07) is 3.98. The number of nitriles is 1. The van der Waals surface area contributed by atoms with Gasteiger partial charge in [-0.25, -0.2) is 9.37 Å². The lowest BCUT2D eigenvalue weighted by atomic mass is 10.1. The Morgan fingerprint density at radius 2 is 2.33 bits per heavy atom. The van der Waals surface area contributed by atoms with Crippen molar-refractivity contribution < 1.29 is 9.18 Å². The summed E-state index contributed by atoms with van der Waals surface area (Å²) in [5, 5.41) is 11.4. The van der Waals surface area contributed by atoms with Crippen molar-refractivity contribution in [2.45, 2.75) is 6.92 Å². The number of pyridine rings is 1. The van der Waals surface area contributed by atoms with E-state index in [4.69, 9.17) is 11.1 Å². The minimum Gasteiger partial charge on any atom is -0.322 e. The molecule has 0 aliphatic carbocycles. The van der Waals surface area contributed by atoms with E-state index in [1.807, 2.05) is 0 Å². The predicted octanol–water partition coefficient (Wildman–Crippen LogP) is 0.550. The van der Waals surface area contributed by atoms with Crippen LogP contribution in [-0.4, -0.2) is 16.5 Å². The molecule has 0 saturated heterocycles. The molecule has 0 fully saturated rings. The number of rotatable bonds is 2. The van der Waals surface area contributed by atoms with Crippen molar-refractivity contribution in [1.82, 2.24) is 4.98 Å². The van der Waals surface area contributed by atoms with Crippen LogP contribution in [0.25, 0.3) is 0 Å². The van der Waals surface area contributed by atoms with Crippen LogP contribution in [0, 0.1) is 24.1 Å². The molecule has 0 aromatic carbocycles. The van der Waals surface area contributed by atoms with Gasteiger partial charge in [-0.05, 0) is 19.1 Å². The number of nitrogens with two attached hydrogens (primary N) is 1. The Kier molecular flexibility index (Phi) is 3.08. The number of ketones is 1. The second-order valence-corrected chi connectivity index (χ2v) is 2.70. The van der Waals surface area contributed by atoms with E-state index < -0.39 is 23.0 Å². The molecule has 5 nitrogen and oxygen atoms in total. The molecular weight excluding hydrogens is 199 g/mol. The summed E-state index contributed by atoms with van der Waals surface area (Å²) in [6.07, 6.45) is 0. The zero-order valence-corrected chi connectivity index (χ0v) is 7.86. The Morgan fingerprint density at radius 3 is 2.87 bits per heavy atom. The van der Waals surface area contributed by atoms with Gasteiger partial charge >= 0.3 is 0 Å². The highest BCUT2D eigenvalue weighted by molar-refractivity contribution is 6.50. The molecule has 2 N–H and O–H groups in total. The molecule has 0 unspecified atom stereocenters. The van der Waals surface area contributed by atoms with Gasteiger partial charge in [0.05, 0.1) is 0 Å². The lowest BCUT2D eigenvalue weighted by molar-refractivity contribution is 0.105. The number of aryl methyl sites for hydroxylation is 1. The average molecular weight is 206 g/mol. The zero-order chi connectivity index (χ0) is 11.4. The van der Waals surface area contributed by atoms with Gasteiger partial charge in [0, 0.05) is 5.69 Å². The van der Waals surface area contributed by atoms with Crippen molar-refractivity contribution in [2.75, 3.05) is 0 Å². The van der Waals surface area contributed by atoms with Crippen LogP contribution in [0.1, 0.15) is 16.2 Å². The zero-order valence-electron chi connectivity index (χ0n) is 7.86. The van der Waals surface area contributed by atoms with Crippen LogP contribution in [0.5, 0.6) is 0 Å². The quantitative estimate of drug-likeness (QED) is 0.331. The summed E-state index contributed by atoms with van der Waals surface area (Å²) in [4.78, 5) is 15.1. The summed E-state index contributed by atoms with van der Waals surface area (Å²) in [5.41, 5.74) is -0.554. The number of hydrogen-bond acceptors (Lipinski definition) is 5. The highest BCUT2D eigenvalue weighted by atomic mass is 19.1. The van der Waals surface area contributed by atoms with Gasteiger partial charge in [0.2, 0.25) is 11.5 Å². The first-order chi connectivity index (χ1) is 7.10. The van der Waals surface area contributed by atoms with Crippen LogP contribution in [0.4, 0.5) is 4.39 Å². The topological polar surface area (TPSA) is 92.1 Å². The predicted molar refractivity (Wildman–Crippen MR) is 50.5 cm³/mol. The molecule has 0 aliphatic rings. The summed E-state index contributed by atoms with van der Waals surface area (Å²) < 4.78 is 13.2. The van der Waals surface area contributed by atoms with Gasteiger partial charge in [0.25, 0.3) is 0 Å². The van der Waals surface area contributed by atoms with Gasteiger partial charge in [-0.3, -0.25) is 4.79 Å². The molecule has 0 spiro atoms. The molecule has 0 radical (unpaired) electrons. The number of aromatic nitrogens is 1. The molecule has 76 valence electrons. The van der Waals surface area contributed by atoms with Gasteiger partial charge < -0.3 is 5.84 Å². The first-order valence-corrected chi connectivity index (χ1v) is 3.96. The maximum absolute atomic E-state index is 13.2. The van der Waals surface area contributed by atoms with Crippen LogP contribution in [0.2, 0.25) is 0 Å². The second-order valence-electron chi connectivity index (χ2n) is 2.70. The normalized spacial score (nSPS) is 10.9. The van der Waals surface area contributed by atoms with Gasteiger partial charge in [0.15, 0.2) is 5.82 Å². The van der Waals surface area contributed by atoms with Crippen LogP contribution in [0.3, 0.4) is 0 Å². The Balaban J connectivity index is 3.24. The van der Waals surface area contributed by atoms with Crippen LogP contribution < -0.4 is 5.84 Å². The van der Waals surface area contributed by atoms with Crippen LogP contribution in [0.15, 0.2) is 17.2 Å². The minimum atomic E-state index is -0.916. The van der Waals surface area contributed by atoms with Gasteiger partial charge in [-0.15, -0.1) is 0 Å². The number of hydrazone groups is 1. The molecule has 6 heteroatoms. The van der Waals surface area contributed by atoms with Crippen molar-refractivity contribution in [3.05, 3.63) is 29.3 Å². The third-order valence-corrected chi connectivity index (χ3v) is 1.65. The third kappa shape index (κ3) is 2.14. The van der Waals surface area contributed by atoms with Crippen molar-refractivity contribution in [3.8, 4) is 6.07 Å². The number of nitrogens with zero attached hydrogens (tertiary/aromatic N) is 3. The van der Waals surface area contributed by atoms with Gasteiger partial charge in [-0.1, -0.05) is 0 Å². The molecule has 1 aromatic rings. The standard InChI is InChI=1S/C9H7FN4O/c1-5-2-3-6(10)8(13-5)9(15)7(4-11)14-12/h2-3H,12H2,1H3/b14-7+. The Bertz CT molecular complexity index is 475. The fourth-order valence-corrected chi connectivity index (χ4v) is 0.949. The van der Waals surface area contributed by atoms with E-state index in [0.717, 1.165) is 6.07 Å². The first kappa shape index (κ1) is 10.8. The van der Waals surface area contributed by atoms with Gasteiger partial charge in [0.1, 0.15) is 11.8 Å². The van der Waals surface area contributed by atoms with E-state index in [1.54, 1.807) is 6.92 Å². The number of carbonyl (C=O) groups excluding carboxylic acids is 1. The monoisotopic (exact) mass is 206 g/mol. The molecule has 0 atom stereocenters. The number of Topliss-reactive ketones (excluding diaryl/α,β-unsaturated/α-hetero) is 1. The lowest BCUT2D eigenvalue weighted by Crippen LogP contribution is -2.17. The van der Waals surface area contributed by atoms with Crippen molar-refractivity contribution >= 4 is 11.5 Å². The molecule has 0 bridgehead atoms. The molecule has 1 heterocycles. The molecule has 1 rings (SSSR count). The molecule has 0 aliphatic heterocycles. The van der Waals surface area contributed by atoms with E-state index in [9.17, 15) is 9.18 Å². The Labute approximate surface area is 85.0 Å². The maximum atomic E-state index is 13.2. The van der Waals surface area contributed by atoms with Crippen molar-refractivity contribution in [3.63, 3.8) is 0 Å². The Morgan fingerprint density at radius 1 is 1.67 bits per heavy atom. The first-order valence-electron chi connectivity index (χ1n) is 3.96. The van der Waals surface area contributed by atoms with E-state index in [2.05, 4.69) is 10.1 Å². The van der Waals surface area contributed by atoms with E-state index in [1.165, 1.54) is 12.1 Å².